The number of carbonyl (C=O) groups excluding carboxylic acids is 1. The average Bonchev–Trinajstić information content (AvgIpc) is 2.55. The summed E-state index contributed by atoms with van der Waals surface area (Å²) in [4.78, 5) is 11.6. The average molecular weight is 314 g/mol. The summed E-state index contributed by atoms with van der Waals surface area (Å²) >= 11 is 0. The number of benzene rings is 2. The molecule has 0 bridgehead atoms. The van der Waals surface area contributed by atoms with Gasteiger partial charge in [-0.25, -0.2) is 4.79 Å². The van der Waals surface area contributed by atoms with E-state index in [1.165, 1.54) is 0 Å². The number of aliphatic hydroxyl groups is 1. The fourth-order valence-electron chi connectivity index (χ4n) is 1.94. The Morgan fingerprint density at radius 2 is 1.70 bits per heavy atom. The van der Waals surface area contributed by atoms with E-state index < -0.39 is 6.10 Å². The third kappa shape index (κ3) is 6.40. The Morgan fingerprint density at radius 1 is 1.04 bits per heavy atom. The summed E-state index contributed by atoms with van der Waals surface area (Å²) in [5.74, 6) is 1.54. The number of rotatable bonds is 7. The van der Waals surface area contributed by atoms with Crippen LogP contribution in [0.4, 0.5) is 4.79 Å². The largest absolute Gasteiger partial charge is 0.457 e. The van der Waals surface area contributed by atoms with Gasteiger partial charge in [-0.3, -0.25) is 0 Å². The fraction of sp³-hybridized carbons (Fsp3) is 0.278. The van der Waals surface area contributed by atoms with Crippen molar-refractivity contribution in [2.45, 2.75) is 26.0 Å². The molecule has 0 aliphatic carbocycles. The minimum Gasteiger partial charge on any atom is -0.457 e. The van der Waals surface area contributed by atoms with Crippen LogP contribution >= 0.6 is 0 Å². The van der Waals surface area contributed by atoms with Gasteiger partial charge in [-0.1, -0.05) is 30.3 Å². The molecule has 1 atom stereocenters. The monoisotopic (exact) mass is 314 g/mol. The normalized spacial score (nSPS) is 11.6. The van der Waals surface area contributed by atoms with Crippen LogP contribution in [0.5, 0.6) is 11.5 Å². The molecule has 0 aliphatic rings. The molecule has 5 nitrogen and oxygen atoms in total. The Kier molecular flexibility index (Phi) is 6.44. The molecule has 0 radical (unpaired) electrons. The second kappa shape index (κ2) is 8.80. The van der Waals surface area contributed by atoms with Gasteiger partial charge >= 0.3 is 6.03 Å². The van der Waals surface area contributed by atoms with Gasteiger partial charge in [-0.05, 0) is 43.2 Å². The maximum absolute atomic E-state index is 11.6. The van der Waals surface area contributed by atoms with E-state index in [4.69, 9.17) is 9.84 Å². The van der Waals surface area contributed by atoms with E-state index in [1.54, 1.807) is 6.92 Å². The molecule has 0 saturated heterocycles. The van der Waals surface area contributed by atoms with Crippen LogP contribution in [0.2, 0.25) is 0 Å². The second-order valence-electron chi connectivity index (χ2n) is 5.31. The Morgan fingerprint density at radius 3 is 2.35 bits per heavy atom. The van der Waals surface area contributed by atoms with Gasteiger partial charge in [-0.15, -0.1) is 0 Å². The van der Waals surface area contributed by atoms with Gasteiger partial charge in [0.05, 0.1) is 6.10 Å². The van der Waals surface area contributed by atoms with Crippen molar-refractivity contribution in [1.29, 1.82) is 0 Å². The van der Waals surface area contributed by atoms with Crippen molar-refractivity contribution in [3.05, 3.63) is 60.2 Å². The first-order valence-electron chi connectivity index (χ1n) is 7.65. The first-order valence-corrected chi connectivity index (χ1v) is 7.65. The summed E-state index contributed by atoms with van der Waals surface area (Å²) < 4.78 is 5.71. The molecule has 0 fully saturated rings. The van der Waals surface area contributed by atoms with Crippen LogP contribution in [0, 0.1) is 0 Å². The lowest BCUT2D eigenvalue weighted by Crippen LogP contribution is -2.36. The molecule has 2 aromatic rings. The van der Waals surface area contributed by atoms with Gasteiger partial charge in [0.15, 0.2) is 0 Å². The molecule has 122 valence electrons. The molecule has 2 rings (SSSR count). The highest BCUT2D eigenvalue weighted by Gasteiger charge is 2.02. The molecule has 0 spiro atoms. The predicted octanol–water partition coefficient (Wildman–Crippen LogP) is 3.05. The molecule has 0 aromatic heterocycles. The standard InChI is InChI=1S/C18H22N2O3/c1-14(21)11-12-19-18(22)20-13-15-7-9-17(10-8-15)23-16-5-3-2-4-6-16/h2-10,14,21H,11-13H2,1H3,(H2,19,20,22). The van der Waals surface area contributed by atoms with E-state index in [-0.39, 0.29) is 6.03 Å². The number of carbonyl (C=O) groups is 1. The molecule has 0 saturated carbocycles. The van der Waals surface area contributed by atoms with Crippen molar-refractivity contribution >= 4 is 6.03 Å². The first kappa shape index (κ1) is 16.8. The van der Waals surface area contributed by atoms with Crippen LogP contribution < -0.4 is 15.4 Å². The Balaban J connectivity index is 1.75. The molecule has 0 aliphatic heterocycles. The van der Waals surface area contributed by atoms with E-state index in [0.717, 1.165) is 17.1 Å². The Hall–Kier alpha value is -2.53. The van der Waals surface area contributed by atoms with Crippen LogP contribution in [0.1, 0.15) is 18.9 Å². The van der Waals surface area contributed by atoms with E-state index in [9.17, 15) is 4.79 Å². The highest BCUT2D eigenvalue weighted by atomic mass is 16.5. The summed E-state index contributed by atoms with van der Waals surface area (Å²) in [5, 5.41) is 14.6. The van der Waals surface area contributed by atoms with Crippen LogP contribution in [0.25, 0.3) is 0 Å². The molecule has 5 heteroatoms. The molecule has 1 unspecified atom stereocenters. The molecule has 2 aromatic carbocycles. The lowest BCUT2D eigenvalue weighted by molar-refractivity contribution is 0.183. The number of hydrogen-bond donors (Lipinski definition) is 3. The van der Waals surface area contributed by atoms with Crippen LogP contribution in [-0.2, 0) is 6.54 Å². The van der Waals surface area contributed by atoms with Crippen LogP contribution in [-0.4, -0.2) is 23.8 Å². The van der Waals surface area contributed by atoms with Crippen molar-refractivity contribution in [3.63, 3.8) is 0 Å². The number of ether oxygens (including phenoxy) is 1. The predicted molar refractivity (Wildman–Crippen MR) is 89.5 cm³/mol. The summed E-state index contributed by atoms with van der Waals surface area (Å²) in [7, 11) is 0. The maximum atomic E-state index is 11.6. The third-order valence-electron chi connectivity index (χ3n) is 3.20. The quantitative estimate of drug-likeness (QED) is 0.735. The zero-order valence-electron chi connectivity index (χ0n) is 13.2. The number of para-hydroxylation sites is 1. The molecular weight excluding hydrogens is 292 g/mol. The van der Waals surface area contributed by atoms with E-state index in [0.29, 0.717) is 19.5 Å². The fourth-order valence-corrected chi connectivity index (χ4v) is 1.94. The van der Waals surface area contributed by atoms with Crippen LogP contribution in [0.3, 0.4) is 0 Å². The van der Waals surface area contributed by atoms with Crippen molar-refractivity contribution in [3.8, 4) is 11.5 Å². The number of urea groups is 1. The molecular formula is C18H22N2O3. The van der Waals surface area contributed by atoms with Gasteiger partial charge in [0.25, 0.3) is 0 Å². The summed E-state index contributed by atoms with van der Waals surface area (Å²) in [6.07, 6.45) is 0.131. The van der Waals surface area contributed by atoms with Gasteiger partial charge in [-0.2, -0.15) is 0 Å². The Labute approximate surface area is 136 Å². The maximum Gasteiger partial charge on any atom is 0.315 e. The number of amides is 2. The minimum absolute atomic E-state index is 0.240. The van der Waals surface area contributed by atoms with Gasteiger partial charge < -0.3 is 20.5 Å². The van der Waals surface area contributed by atoms with Gasteiger partial charge in [0.2, 0.25) is 0 Å². The smallest absolute Gasteiger partial charge is 0.315 e. The lowest BCUT2D eigenvalue weighted by atomic mass is 10.2. The van der Waals surface area contributed by atoms with Gasteiger partial charge in [0, 0.05) is 13.1 Å². The third-order valence-corrected chi connectivity index (χ3v) is 3.20. The zero-order chi connectivity index (χ0) is 16.5. The SMILES string of the molecule is CC(O)CCNC(=O)NCc1ccc(Oc2ccccc2)cc1. The molecule has 2 amide bonds. The Bertz CT molecular complexity index is 597. The zero-order valence-corrected chi connectivity index (χ0v) is 13.2. The van der Waals surface area contributed by atoms with E-state index in [1.807, 2.05) is 54.6 Å². The topological polar surface area (TPSA) is 70.6 Å². The van der Waals surface area contributed by atoms with E-state index >= 15 is 0 Å². The highest BCUT2D eigenvalue weighted by Crippen LogP contribution is 2.20. The minimum atomic E-state index is -0.410. The second-order valence-corrected chi connectivity index (χ2v) is 5.31. The number of nitrogens with one attached hydrogen (secondary N) is 2. The summed E-state index contributed by atoms with van der Waals surface area (Å²) in [6.45, 7) is 2.58. The van der Waals surface area contributed by atoms with Crippen molar-refractivity contribution in [2.75, 3.05) is 6.54 Å². The van der Waals surface area contributed by atoms with Crippen molar-refractivity contribution in [1.82, 2.24) is 10.6 Å². The molecule has 0 heterocycles. The highest BCUT2D eigenvalue weighted by molar-refractivity contribution is 5.73. The number of hydrogen-bond acceptors (Lipinski definition) is 3. The first-order chi connectivity index (χ1) is 11.1. The van der Waals surface area contributed by atoms with E-state index in [2.05, 4.69) is 10.6 Å². The van der Waals surface area contributed by atoms with Crippen LogP contribution in [0.15, 0.2) is 54.6 Å². The number of aliphatic hydroxyl groups excluding tert-OH is 1. The lowest BCUT2D eigenvalue weighted by Gasteiger charge is -2.09. The van der Waals surface area contributed by atoms with Crippen molar-refractivity contribution in [2.24, 2.45) is 0 Å². The summed E-state index contributed by atoms with van der Waals surface area (Å²) in [5.41, 5.74) is 0.982. The molecule has 3 N–H and O–H groups in total. The molecule has 23 heavy (non-hydrogen) atoms. The van der Waals surface area contributed by atoms with Crippen molar-refractivity contribution < 1.29 is 14.6 Å². The van der Waals surface area contributed by atoms with Gasteiger partial charge in [0.1, 0.15) is 11.5 Å². The summed E-state index contributed by atoms with van der Waals surface area (Å²) in [6, 6.07) is 16.9.